The van der Waals surface area contributed by atoms with Gasteiger partial charge in [-0.15, -0.1) is 11.3 Å². The predicted octanol–water partition coefficient (Wildman–Crippen LogP) is 2.94. The average Bonchev–Trinajstić information content (AvgIpc) is 3.24. The van der Waals surface area contributed by atoms with Crippen LogP contribution in [0.3, 0.4) is 0 Å². The number of hydrogen-bond donors (Lipinski definition) is 0. The number of nitrogens with zero attached hydrogens (tertiary/aromatic N) is 4. The molecular formula is C19H14N4O4S. The number of aryl methyl sites for hydroxylation is 1. The lowest BCUT2D eigenvalue weighted by atomic mass is 10.00. The van der Waals surface area contributed by atoms with Crippen molar-refractivity contribution < 1.29 is 4.92 Å². The van der Waals surface area contributed by atoms with Crippen LogP contribution in [0.4, 0.5) is 5.69 Å². The molecule has 0 N–H and O–H groups in total. The Morgan fingerprint density at radius 3 is 2.46 bits per heavy atom. The van der Waals surface area contributed by atoms with Gasteiger partial charge in [0.05, 0.1) is 26.4 Å². The highest BCUT2D eigenvalue weighted by Gasteiger charge is 2.22. The Kier molecular flexibility index (Phi) is 4.16. The molecule has 0 aliphatic rings. The fraction of sp³-hybridized carbons (Fsp3) is 0.105. The van der Waals surface area contributed by atoms with Crippen LogP contribution in [0.25, 0.3) is 32.7 Å². The van der Waals surface area contributed by atoms with Crippen LogP contribution in [0.2, 0.25) is 0 Å². The highest BCUT2D eigenvalue weighted by Crippen LogP contribution is 2.36. The van der Waals surface area contributed by atoms with E-state index in [1.165, 1.54) is 36.1 Å². The molecule has 0 aliphatic carbocycles. The third-order valence-electron chi connectivity index (χ3n) is 4.57. The van der Waals surface area contributed by atoms with Crippen molar-refractivity contribution >= 4 is 28.1 Å². The lowest BCUT2D eigenvalue weighted by molar-refractivity contribution is -0.384. The molecule has 9 heteroatoms. The molecule has 0 saturated carbocycles. The molecule has 0 atom stereocenters. The molecule has 0 saturated heterocycles. The van der Waals surface area contributed by atoms with E-state index in [1.54, 1.807) is 24.3 Å². The second-order valence-corrected chi connectivity index (χ2v) is 7.16. The van der Waals surface area contributed by atoms with Crippen LogP contribution >= 0.6 is 11.3 Å². The minimum absolute atomic E-state index is 0.122. The predicted molar refractivity (Wildman–Crippen MR) is 108 cm³/mol. The highest BCUT2D eigenvalue weighted by atomic mass is 32.1. The number of para-hydroxylation sites is 1. The van der Waals surface area contributed by atoms with E-state index < -0.39 is 16.2 Å². The normalized spacial score (nSPS) is 11.1. The Hall–Kier alpha value is -3.59. The zero-order chi connectivity index (χ0) is 20.0. The molecule has 0 amide bonds. The van der Waals surface area contributed by atoms with Crippen molar-refractivity contribution in [3.63, 3.8) is 0 Å². The van der Waals surface area contributed by atoms with E-state index in [1.807, 2.05) is 17.5 Å². The van der Waals surface area contributed by atoms with Crippen LogP contribution in [0.1, 0.15) is 0 Å². The lowest BCUT2D eigenvalue weighted by Crippen LogP contribution is -2.37. The summed E-state index contributed by atoms with van der Waals surface area (Å²) in [6, 6.07) is 11.6. The summed E-state index contributed by atoms with van der Waals surface area (Å²) in [4.78, 5) is 41.8. The zero-order valence-electron chi connectivity index (χ0n) is 14.9. The molecule has 4 rings (SSSR count). The molecule has 3 aromatic heterocycles. The Balaban J connectivity index is 2.24. The molecule has 4 aromatic rings. The summed E-state index contributed by atoms with van der Waals surface area (Å²) in [7, 11) is 2.90. The van der Waals surface area contributed by atoms with Gasteiger partial charge in [-0.1, -0.05) is 18.2 Å². The van der Waals surface area contributed by atoms with Crippen LogP contribution in [0.5, 0.6) is 0 Å². The molecule has 0 fully saturated rings. The van der Waals surface area contributed by atoms with E-state index in [9.17, 15) is 19.7 Å². The molecule has 0 bridgehead atoms. The number of benzene rings is 1. The van der Waals surface area contributed by atoms with Gasteiger partial charge in [-0.25, -0.2) is 9.78 Å². The van der Waals surface area contributed by atoms with Gasteiger partial charge < -0.3 is 0 Å². The number of fused-ring (bicyclic) bond motifs is 1. The number of aromatic nitrogens is 3. The number of nitro benzene ring substituents is 1. The largest absolute Gasteiger partial charge is 0.332 e. The van der Waals surface area contributed by atoms with Crippen molar-refractivity contribution in [2.45, 2.75) is 0 Å². The van der Waals surface area contributed by atoms with Gasteiger partial charge >= 0.3 is 5.69 Å². The summed E-state index contributed by atoms with van der Waals surface area (Å²) in [6.07, 6.45) is 0. The molecule has 8 nitrogen and oxygen atoms in total. The van der Waals surface area contributed by atoms with Crippen LogP contribution in [-0.4, -0.2) is 19.0 Å². The molecule has 0 unspecified atom stereocenters. The van der Waals surface area contributed by atoms with E-state index in [0.29, 0.717) is 16.8 Å². The van der Waals surface area contributed by atoms with Crippen molar-refractivity contribution in [3.05, 3.63) is 78.8 Å². The Morgan fingerprint density at radius 1 is 1.04 bits per heavy atom. The van der Waals surface area contributed by atoms with Gasteiger partial charge in [0.1, 0.15) is 0 Å². The van der Waals surface area contributed by atoms with Gasteiger partial charge in [0, 0.05) is 25.7 Å². The van der Waals surface area contributed by atoms with Gasteiger partial charge in [-0.3, -0.25) is 24.0 Å². The van der Waals surface area contributed by atoms with Crippen LogP contribution < -0.4 is 11.2 Å². The van der Waals surface area contributed by atoms with Gasteiger partial charge in [0.15, 0.2) is 5.65 Å². The van der Waals surface area contributed by atoms with Crippen molar-refractivity contribution in [1.29, 1.82) is 0 Å². The minimum Gasteiger partial charge on any atom is -0.280 e. The third kappa shape index (κ3) is 2.64. The topological polar surface area (TPSA) is 100 Å². The first-order valence-corrected chi connectivity index (χ1v) is 9.16. The van der Waals surface area contributed by atoms with Crippen molar-refractivity contribution in [1.82, 2.24) is 14.1 Å². The van der Waals surface area contributed by atoms with Crippen molar-refractivity contribution in [2.24, 2.45) is 14.1 Å². The maximum absolute atomic E-state index is 12.9. The van der Waals surface area contributed by atoms with Gasteiger partial charge in [-0.2, -0.15) is 0 Å². The minimum atomic E-state index is -0.545. The summed E-state index contributed by atoms with van der Waals surface area (Å²) >= 11 is 1.45. The van der Waals surface area contributed by atoms with Crippen molar-refractivity contribution in [2.75, 3.05) is 0 Å². The standard InChI is InChI=1S/C19H14N4O4S/c1-21-17-16(18(24)22(2)19(21)25)12(10-13(20-17)15-8-5-9-28-15)11-6-3-4-7-14(11)23(26)27/h3-10H,1-2H3. The molecule has 0 aliphatic heterocycles. The number of thiophene rings is 1. The lowest BCUT2D eigenvalue weighted by Gasteiger charge is -2.13. The third-order valence-corrected chi connectivity index (χ3v) is 5.47. The maximum atomic E-state index is 12.9. The van der Waals surface area contributed by atoms with Gasteiger partial charge in [-0.05, 0) is 23.6 Å². The monoisotopic (exact) mass is 394 g/mol. The Bertz CT molecular complexity index is 1350. The van der Waals surface area contributed by atoms with Crippen LogP contribution in [-0.2, 0) is 14.1 Å². The van der Waals surface area contributed by atoms with Gasteiger partial charge in [0.25, 0.3) is 11.2 Å². The number of nitro groups is 1. The van der Waals surface area contributed by atoms with E-state index in [-0.39, 0.29) is 16.7 Å². The number of pyridine rings is 1. The molecule has 0 radical (unpaired) electrons. The SMILES string of the molecule is Cn1c(=O)c2c(-c3ccccc3[N+](=O)[O-])cc(-c3cccs3)nc2n(C)c1=O. The number of rotatable bonds is 3. The molecule has 28 heavy (non-hydrogen) atoms. The fourth-order valence-corrected chi connectivity index (χ4v) is 3.87. The molecular weight excluding hydrogens is 380 g/mol. The van der Waals surface area contributed by atoms with Gasteiger partial charge in [0.2, 0.25) is 0 Å². The Morgan fingerprint density at radius 2 is 1.79 bits per heavy atom. The van der Waals surface area contributed by atoms with E-state index in [4.69, 9.17) is 0 Å². The van der Waals surface area contributed by atoms with Crippen molar-refractivity contribution in [3.8, 4) is 21.7 Å². The van der Waals surface area contributed by atoms with Crippen LogP contribution in [0, 0.1) is 10.1 Å². The maximum Gasteiger partial charge on any atom is 0.332 e. The second kappa shape index (κ2) is 6.54. The quantitative estimate of drug-likeness (QED) is 0.393. The first-order chi connectivity index (χ1) is 13.4. The highest BCUT2D eigenvalue weighted by molar-refractivity contribution is 7.13. The molecule has 0 spiro atoms. The van der Waals surface area contributed by atoms with E-state index >= 15 is 0 Å². The average molecular weight is 394 g/mol. The molecule has 1 aromatic carbocycles. The van der Waals surface area contributed by atoms with E-state index in [0.717, 1.165) is 9.44 Å². The number of hydrogen-bond acceptors (Lipinski definition) is 6. The second-order valence-electron chi connectivity index (χ2n) is 6.21. The zero-order valence-corrected chi connectivity index (χ0v) is 15.8. The summed E-state index contributed by atoms with van der Waals surface area (Å²) in [5.41, 5.74) is 0.220. The fourth-order valence-electron chi connectivity index (χ4n) is 3.18. The summed E-state index contributed by atoms with van der Waals surface area (Å²) < 4.78 is 2.26. The summed E-state index contributed by atoms with van der Waals surface area (Å²) in [6.45, 7) is 0. The summed E-state index contributed by atoms with van der Waals surface area (Å²) in [5, 5.41) is 13.6. The molecule has 3 heterocycles. The van der Waals surface area contributed by atoms with Crippen LogP contribution in [0.15, 0.2) is 57.4 Å². The smallest absolute Gasteiger partial charge is 0.280 e. The van der Waals surface area contributed by atoms with E-state index in [2.05, 4.69) is 4.98 Å². The molecule has 140 valence electrons. The Labute approximate surface area is 162 Å². The first kappa shape index (κ1) is 17.8. The summed E-state index contributed by atoms with van der Waals surface area (Å²) in [5.74, 6) is 0. The first-order valence-electron chi connectivity index (χ1n) is 8.28.